The Morgan fingerprint density at radius 2 is 1.85 bits per heavy atom. The molecule has 206 valence electrons. The highest BCUT2D eigenvalue weighted by Crippen LogP contribution is 2.41. The molecule has 0 saturated carbocycles. The van der Waals surface area contributed by atoms with E-state index in [1.807, 2.05) is 36.9 Å². The molecule has 1 amide bonds. The first-order valence-electron chi connectivity index (χ1n) is 13.0. The minimum atomic E-state index is -4.59. The standard InChI is InChI=1S/C27H30F3N7O2/c1-34-6-8-36(9-7-34)13-19-11-22(27(28,29)30)21-14-37(25(38)24(21)32-19)20-5-3-4-18(10-20)26(15-39-16-26)12-23-33-31-17-35(23)2/h3-5,10-11,17H,6-9,12-16H2,1-2H3. The molecule has 39 heavy (non-hydrogen) atoms. The van der Waals surface area contributed by atoms with Crippen LogP contribution in [0.4, 0.5) is 18.9 Å². The Labute approximate surface area is 224 Å². The van der Waals surface area contributed by atoms with E-state index in [0.717, 1.165) is 43.6 Å². The van der Waals surface area contributed by atoms with Gasteiger partial charge < -0.3 is 19.1 Å². The molecular weight excluding hydrogens is 511 g/mol. The Morgan fingerprint density at radius 3 is 2.49 bits per heavy atom. The fraction of sp³-hybridized carbons (Fsp3) is 0.481. The summed E-state index contributed by atoms with van der Waals surface area (Å²) in [5.41, 5.74) is 0.433. The normalized spacial score (nSPS) is 19.8. The van der Waals surface area contributed by atoms with E-state index in [-0.39, 0.29) is 35.5 Å². The van der Waals surface area contributed by atoms with Crippen molar-refractivity contribution in [3.8, 4) is 0 Å². The average molecular weight is 542 g/mol. The summed E-state index contributed by atoms with van der Waals surface area (Å²) in [6, 6.07) is 8.53. The molecule has 6 rings (SSSR count). The van der Waals surface area contributed by atoms with Gasteiger partial charge in [0.15, 0.2) is 0 Å². The van der Waals surface area contributed by atoms with Crippen LogP contribution < -0.4 is 4.90 Å². The van der Waals surface area contributed by atoms with Gasteiger partial charge in [0.05, 0.1) is 31.0 Å². The van der Waals surface area contributed by atoms with Crippen LogP contribution in [0, 0.1) is 0 Å². The summed E-state index contributed by atoms with van der Waals surface area (Å²) < 4.78 is 50.0. The lowest BCUT2D eigenvalue weighted by molar-refractivity contribution is -0.138. The number of benzene rings is 1. The van der Waals surface area contributed by atoms with Gasteiger partial charge in [0.1, 0.15) is 17.8 Å². The minimum Gasteiger partial charge on any atom is -0.379 e. The number of nitrogens with zero attached hydrogens (tertiary/aromatic N) is 7. The van der Waals surface area contributed by atoms with Gasteiger partial charge in [-0.2, -0.15) is 13.2 Å². The molecule has 12 heteroatoms. The lowest BCUT2D eigenvalue weighted by Crippen LogP contribution is -2.49. The summed E-state index contributed by atoms with van der Waals surface area (Å²) in [6.07, 6.45) is -2.36. The van der Waals surface area contributed by atoms with Crippen molar-refractivity contribution in [2.45, 2.75) is 31.1 Å². The number of piperazine rings is 1. The van der Waals surface area contributed by atoms with E-state index in [4.69, 9.17) is 4.74 Å². The lowest BCUT2D eigenvalue weighted by Gasteiger charge is -2.42. The molecule has 2 aromatic heterocycles. The molecule has 0 unspecified atom stereocenters. The van der Waals surface area contributed by atoms with Crippen LogP contribution in [0.2, 0.25) is 0 Å². The number of fused-ring (bicyclic) bond motifs is 1. The summed E-state index contributed by atoms with van der Waals surface area (Å²) in [4.78, 5) is 23.7. The second-order valence-electron chi connectivity index (χ2n) is 10.8. The van der Waals surface area contributed by atoms with Gasteiger partial charge in [-0.3, -0.25) is 9.69 Å². The molecule has 0 N–H and O–H groups in total. The SMILES string of the molecule is CN1CCN(Cc2cc(C(F)(F)F)c3c(n2)C(=O)N(c2cccc(C4(Cc5nncn5C)COC4)c2)C3)CC1. The maximum absolute atomic E-state index is 14.2. The number of hydrogen-bond acceptors (Lipinski definition) is 7. The number of pyridine rings is 1. The topological polar surface area (TPSA) is 79.6 Å². The molecule has 0 aliphatic carbocycles. The van der Waals surface area contributed by atoms with Gasteiger partial charge in [-0.15, -0.1) is 10.2 Å². The van der Waals surface area contributed by atoms with Crippen LogP contribution in [-0.2, 0) is 42.9 Å². The first-order valence-corrected chi connectivity index (χ1v) is 13.0. The van der Waals surface area contributed by atoms with Crippen molar-refractivity contribution in [2.75, 3.05) is 51.3 Å². The van der Waals surface area contributed by atoms with E-state index in [1.54, 1.807) is 12.4 Å². The second kappa shape index (κ2) is 9.68. The molecular formula is C27H30F3N7O2. The van der Waals surface area contributed by atoms with Gasteiger partial charge in [-0.05, 0) is 30.8 Å². The van der Waals surface area contributed by atoms with E-state index in [9.17, 15) is 18.0 Å². The molecule has 2 fully saturated rings. The van der Waals surface area contributed by atoms with Crippen LogP contribution >= 0.6 is 0 Å². The van der Waals surface area contributed by atoms with Gasteiger partial charge in [0, 0.05) is 62.9 Å². The van der Waals surface area contributed by atoms with Crippen LogP contribution in [0.1, 0.15) is 38.7 Å². The zero-order valence-corrected chi connectivity index (χ0v) is 21.9. The van der Waals surface area contributed by atoms with Crippen molar-refractivity contribution in [1.82, 2.24) is 29.5 Å². The summed E-state index contributed by atoms with van der Waals surface area (Å²) >= 11 is 0. The summed E-state index contributed by atoms with van der Waals surface area (Å²) in [5.74, 6) is 0.292. The van der Waals surface area contributed by atoms with Crippen molar-refractivity contribution < 1.29 is 22.7 Å². The van der Waals surface area contributed by atoms with Crippen molar-refractivity contribution in [3.63, 3.8) is 0 Å². The first-order chi connectivity index (χ1) is 18.6. The highest BCUT2D eigenvalue weighted by Gasteiger charge is 2.44. The van der Waals surface area contributed by atoms with Crippen LogP contribution in [0.25, 0.3) is 0 Å². The molecule has 2 saturated heterocycles. The number of halogens is 3. The van der Waals surface area contributed by atoms with Crippen molar-refractivity contribution in [3.05, 3.63) is 70.6 Å². The zero-order valence-electron chi connectivity index (χ0n) is 21.9. The monoisotopic (exact) mass is 541 g/mol. The van der Waals surface area contributed by atoms with Crippen LogP contribution in [0.15, 0.2) is 36.7 Å². The van der Waals surface area contributed by atoms with Crippen molar-refractivity contribution >= 4 is 11.6 Å². The lowest BCUT2D eigenvalue weighted by atomic mass is 9.75. The molecule has 0 atom stereocenters. The predicted molar refractivity (Wildman–Crippen MR) is 136 cm³/mol. The highest BCUT2D eigenvalue weighted by atomic mass is 19.4. The summed E-state index contributed by atoms with van der Waals surface area (Å²) in [5, 5.41) is 8.17. The van der Waals surface area contributed by atoms with Crippen LogP contribution in [0.5, 0.6) is 0 Å². The molecule has 3 aliphatic rings. The Balaban J connectivity index is 1.30. The minimum absolute atomic E-state index is 0.0687. The van der Waals surface area contributed by atoms with Crippen LogP contribution in [0.3, 0.4) is 0 Å². The third-order valence-electron chi connectivity index (χ3n) is 8.06. The third-order valence-corrected chi connectivity index (χ3v) is 8.06. The molecule has 1 aromatic carbocycles. The number of alkyl halides is 3. The van der Waals surface area contributed by atoms with E-state index < -0.39 is 17.6 Å². The molecule has 0 bridgehead atoms. The number of amides is 1. The zero-order chi connectivity index (χ0) is 27.4. The fourth-order valence-electron chi connectivity index (χ4n) is 5.59. The number of aromatic nitrogens is 4. The number of rotatable bonds is 6. The van der Waals surface area contributed by atoms with Gasteiger partial charge >= 0.3 is 6.18 Å². The molecule has 5 heterocycles. The molecule has 0 radical (unpaired) electrons. The Hall–Kier alpha value is -3.35. The number of likely N-dealkylation sites (N-methyl/N-ethyl adjacent to an activating group) is 1. The number of hydrogen-bond donors (Lipinski definition) is 0. The van der Waals surface area contributed by atoms with Gasteiger partial charge in [0.2, 0.25) is 0 Å². The van der Waals surface area contributed by atoms with E-state index >= 15 is 0 Å². The van der Waals surface area contributed by atoms with E-state index in [1.165, 1.54) is 4.90 Å². The maximum atomic E-state index is 14.2. The van der Waals surface area contributed by atoms with Crippen molar-refractivity contribution in [2.24, 2.45) is 7.05 Å². The number of carbonyl (C=O) groups is 1. The number of anilines is 1. The van der Waals surface area contributed by atoms with Gasteiger partial charge in [-0.25, -0.2) is 4.98 Å². The second-order valence-corrected chi connectivity index (χ2v) is 10.8. The first kappa shape index (κ1) is 25.9. The van der Waals surface area contributed by atoms with Gasteiger partial charge in [-0.1, -0.05) is 12.1 Å². The average Bonchev–Trinajstić information content (AvgIpc) is 3.44. The summed E-state index contributed by atoms with van der Waals surface area (Å²) in [7, 11) is 3.90. The quantitative estimate of drug-likeness (QED) is 0.475. The smallest absolute Gasteiger partial charge is 0.379 e. The molecule has 9 nitrogen and oxygen atoms in total. The highest BCUT2D eigenvalue weighted by molar-refractivity contribution is 6.09. The van der Waals surface area contributed by atoms with Gasteiger partial charge in [0.25, 0.3) is 5.91 Å². The largest absolute Gasteiger partial charge is 0.416 e. The third kappa shape index (κ3) is 4.81. The molecule has 0 spiro atoms. The number of ether oxygens (including phenoxy) is 1. The molecule has 3 aromatic rings. The van der Waals surface area contributed by atoms with E-state index in [2.05, 4.69) is 25.0 Å². The predicted octanol–water partition coefficient (Wildman–Crippen LogP) is 2.65. The fourth-order valence-corrected chi connectivity index (χ4v) is 5.59. The Kier molecular flexibility index (Phi) is 6.43. The number of aryl methyl sites for hydroxylation is 1. The van der Waals surface area contributed by atoms with Crippen LogP contribution in [-0.4, -0.2) is 81.9 Å². The summed E-state index contributed by atoms with van der Waals surface area (Å²) in [6.45, 7) is 4.21. The van der Waals surface area contributed by atoms with E-state index in [0.29, 0.717) is 25.3 Å². The number of carbonyl (C=O) groups excluding carboxylic acids is 1. The van der Waals surface area contributed by atoms with Crippen molar-refractivity contribution in [1.29, 1.82) is 0 Å². The molecule has 3 aliphatic heterocycles. The Bertz CT molecular complexity index is 1390. The Morgan fingerprint density at radius 1 is 1.08 bits per heavy atom. The maximum Gasteiger partial charge on any atom is 0.416 e.